The maximum Gasteiger partial charge on any atom is 1.00 e. The minimum absolute atomic E-state index is 0. The van der Waals surface area contributed by atoms with E-state index >= 15 is 0 Å². The van der Waals surface area contributed by atoms with E-state index in [-0.39, 0.29) is 106 Å². The maximum absolute atomic E-state index is 12.2. The molecule has 8 N–H and O–H groups in total. The first-order valence-electron chi connectivity index (χ1n) is 31.8. The molecule has 0 aliphatic carbocycles. The Bertz CT molecular complexity index is 4970. The van der Waals surface area contributed by atoms with Crippen LogP contribution in [0.5, 0.6) is 0 Å². The smallest absolute Gasteiger partial charge is 0.870 e. The Morgan fingerprint density at radius 1 is 0.533 bits per heavy atom. The number of ether oxygens (including phenoxy) is 5. The predicted molar refractivity (Wildman–Crippen MR) is 427 cm³/mol. The number of aromatic carboxylic acids is 1. The van der Waals surface area contributed by atoms with Gasteiger partial charge in [0.05, 0.1) is 48.5 Å². The molecule has 0 saturated carbocycles. The van der Waals surface area contributed by atoms with Gasteiger partial charge in [0.1, 0.15) is 16.7 Å². The summed E-state index contributed by atoms with van der Waals surface area (Å²) in [6.45, 7) is 11.1. The molecule has 564 valence electrons. The summed E-state index contributed by atoms with van der Waals surface area (Å²) < 4.78 is 46.5. The molecule has 32 heteroatoms. The number of carboxylic acid groups (broad SMARTS) is 1. The molecule has 10 rings (SSSR count). The number of nitrogen functional groups attached to an aromatic ring is 1. The van der Waals surface area contributed by atoms with Gasteiger partial charge in [-0.15, -0.1) is 58.8 Å². The second-order valence-electron chi connectivity index (χ2n) is 20.7. The number of rotatable bonds is 19. The number of pyridine rings is 4. The molecule has 0 radical (unpaired) electrons. The average Bonchev–Trinajstić information content (AvgIpc) is 0.820. The number of hydrogen-bond donors (Lipinski definition) is 6. The molecule has 0 atom stereocenters. The number of nitrogens with two attached hydrogens (primary N) is 1. The largest absolute Gasteiger partial charge is 1.00 e. The van der Waals surface area contributed by atoms with Crippen molar-refractivity contribution in [3.05, 3.63) is 228 Å². The number of carbonyl (C=O) groups is 6. The summed E-state index contributed by atoms with van der Waals surface area (Å²) in [6.07, 6.45) is 19.6. The van der Waals surface area contributed by atoms with Crippen LogP contribution in [-0.4, -0.2) is 145 Å². The van der Waals surface area contributed by atoms with Crippen LogP contribution in [0.3, 0.4) is 0 Å². The minimum atomic E-state index is -3.20. The van der Waals surface area contributed by atoms with E-state index in [2.05, 4.69) is 34.7 Å². The first kappa shape index (κ1) is 94.3. The number of fused-ring (bicyclic) bond motifs is 4. The van der Waals surface area contributed by atoms with Crippen molar-refractivity contribution in [2.24, 2.45) is 0 Å². The van der Waals surface area contributed by atoms with Crippen LogP contribution in [0.4, 0.5) is 11.4 Å². The zero-order valence-corrected chi connectivity index (χ0v) is 68.6. The third kappa shape index (κ3) is 30.1. The summed E-state index contributed by atoms with van der Waals surface area (Å²) in [7, 11) is -3.20. The van der Waals surface area contributed by atoms with Crippen molar-refractivity contribution in [1.29, 1.82) is 0 Å². The molecule has 0 unspecified atom stereocenters. The topological polar surface area (TPSA) is 382 Å². The van der Waals surface area contributed by atoms with E-state index in [4.69, 9.17) is 36.7 Å². The summed E-state index contributed by atoms with van der Waals surface area (Å²) in [5, 5.41) is 14.6. The second-order valence-corrected chi connectivity index (χ2v) is 27.5. The molecular formula is C75H82ClN6NaO18S6. The molecule has 0 saturated heterocycles. The standard InChI is InChI=1S/C15H19NO4S.C13H13NO3S.C11H9NO3S.C10H8ClNO2S.C10H9NOS.C9H14O4.C7H9NS.Na.H2O/c1-4-19-14(17)13(15(18)20-5-2)10-16-11-6-8-12(21-3)9-7-11;1-3-17-13(16)10-7-14-11-5-4-8(18-2)6-9(11)12(10)15;1-16-6-2-3-9-7(4-6)10(13)8(5-12-9)11(14)15;1-15(13,14)7-2-3-10-8(6-7)9(11)4-5-12-10;1-13-7-2-3-9-8(6-7)10(12)4-5-11-9;1-4-7(8(10)12-5-2)9(11)13-6-3;1-9-7-4-2-6(8)3-5-7;;/h6-10,16H,4-5H2,1-3H3;4-7H,3H2,1-2H3,(H,14,15);2-5H,1H3,(H,12,13)(H,14,15);2-6H,1H3;2-6H,1H3,(H,11,12);4H,5-6H2,1-3H3;2-5H,8H2,1H3;;1H2/q;;;;;;;+1;/p-1. The van der Waals surface area contributed by atoms with Crippen molar-refractivity contribution in [3.63, 3.8) is 0 Å². The van der Waals surface area contributed by atoms with Gasteiger partial charge in [-0.3, -0.25) is 19.4 Å². The van der Waals surface area contributed by atoms with Gasteiger partial charge in [-0.2, -0.15) is 0 Å². The summed E-state index contributed by atoms with van der Waals surface area (Å²) >= 11 is 14.0. The van der Waals surface area contributed by atoms with E-state index in [1.54, 1.807) is 143 Å². The number of carbonyl (C=O) groups excluding carboxylic acids is 5. The van der Waals surface area contributed by atoms with Crippen molar-refractivity contribution in [3.8, 4) is 0 Å². The fourth-order valence-corrected chi connectivity index (χ4v) is 11.6. The van der Waals surface area contributed by atoms with Gasteiger partial charge < -0.3 is 60.3 Å². The number of carboxylic acids is 1. The van der Waals surface area contributed by atoms with Crippen molar-refractivity contribution >= 4 is 171 Å². The van der Waals surface area contributed by atoms with E-state index in [1.807, 2.05) is 116 Å². The Balaban J connectivity index is 0.000000427. The van der Waals surface area contributed by atoms with Gasteiger partial charge in [0, 0.05) is 117 Å². The number of hydrogen-bond acceptors (Lipinski definition) is 25. The van der Waals surface area contributed by atoms with Gasteiger partial charge >= 0.3 is 65.4 Å². The van der Waals surface area contributed by atoms with Crippen LogP contribution < -0.4 is 56.9 Å². The van der Waals surface area contributed by atoms with Crippen molar-refractivity contribution < 1.29 is 101 Å². The first-order chi connectivity index (χ1) is 50.2. The number of nitrogens with zero attached hydrogens (tertiary/aromatic N) is 1. The van der Waals surface area contributed by atoms with Gasteiger partial charge in [-0.1, -0.05) is 17.7 Å². The van der Waals surface area contributed by atoms with E-state index in [9.17, 15) is 51.6 Å². The molecule has 107 heavy (non-hydrogen) atoms. The molecule has 0 aliphatic rings. The molecule has 0 spiro atoms. The van der Waals surface area contributed by atoms with Crippen LogP contribution in [0.15, 0.2) is 225 Å². The van der Waals surface area contributed by atoms with Crippen LogP contribution in [-0.2, 0) is 52.7 Å². The number of halogens is 1. The van der Waals surface area contributed by atoms with Gasteiger partial charge in [0.15, 0.2) is 20.8 Å². The molecule has 6 aromatic carbocycles. The maximum atomic E-state index is 12.2. The molecule has 24 nitrogen and oxygen atoms in total. The molecule has 0 bridgehead atoms. The average molecular weight is 1610 g/mol. The number of anilines is 2. The number of aromatic amines is 3. The normalized spacial score (nSPS) is 10.1. The quantitative estimate of drug-likeness (QED) is 0.00640. The van der Waals surface area contributed by atoms with E-state index in [0.717, 1.165) is 41.9 Å². The predicted octanol–water partition coefficient (Wildman–Crippen LogP) is 11.6. The molecule has 4 aromatic heterocycles. The monoisotopic (exact) mass is 1600 g/mol. The van der Waals surface area contributed by atoms with Crippen molar-refractivity contribution in [1.82, 2.24) is 19.9 Å². The van der Waals surface area contributed by atoms with Crippen LogP contribution in [0.25, 0.3) is 43.6 Å². The molecule has 0 fully saturated rings. The number of sulfone groups is 1. The van der Waals surface area contributed by atoms with Gasteiger partial charge in [-0.05, 0) is 200 Å². The molecular weight excluding hydrogens is 1520 g/mol. The number of benzene rings is 6. The second kappa shape index (κ2) is 49.2. The van der Waals surface area contributed by atoms with Crippen LogP contribution >= 0.6 is 70.4 Å². The van der Waals surface area contributed by atoms with Gasteiger partial charge in [0.2, 0.25) is 10.9 Å². The van der Waals surface area contributed by atoms with E-state index in [1.165, 1.54) is 53.6 Å². The summed E-state index contributed by atoms with van der Waals surface area (Å²) in [6, 6.07) is 40.1. The number of aromatic nitrogens is 4. The summed E-state index contributed by atoms with van der Waals surface area (Å²) in [4.78, 5) is 122. The van der Waals surface area contributed by atoms with Crippen LogP contribution in [0.1, 0.15) is 62.3 Å². The Labute approximate surface area is 667 Å². The van der Waals surface area contributed by atoms with E-state index < -0.39 is 51.1 Å². The Morgan fingerprint density at radius 3 is 1.37 bits per heavy atom. The minimum Gasteiger partial charge on any atom is -0.870 e. The Hall–Kier alpha value is -8.79. The fraction of sp³-hybridized carbons (Fsp3) is 0.227. The molecule has 10 aromatic rings. The van der Waals surface area contributed by atoms with E-state index in [0.29, 0.717) is 37.7 Å². The fourth-order valence-electron chi connectivity index (χ4n) is 8.57. The zero-order chi connectivity index (χ0) is 77.8. The Morgan fingerprint density at radius 2 is 0.944 bits per heavy atom. The third-order valence-electron chi connectivity index (χ3n) is 13.8. The first-order valence-corrected chi connectivity index (χ1v) is 40.1. The van der Waals surface area contributed by atoms with Crippen molar-refractivity contribution in [2.75, 3.05) is 81.6 Å². The summed E-state index contributed by atoms with van der Waals surface area (Å²) in [5.41, 5.74) is 8.94. The van der Waals surface area contributed by atoms with Crippen LogP contribution in [0.2, 0.25) is 5.02 Å². The van der Waals surface area contributed by atoms with Crippen LogP contribution in [0, 0.1) is 0 Å². The SMILES string of the molecule is CC=C(C(=O)OCC)C(=O)OCC.CCOC(=O)C(=CNc1ccc(SC)cc1)C(=O)OCC.CCOC(=O)c1c[nH]c2ccc(SC)cc2c1=O.CS(=O)(=O)c1ccc2nccc(Cl)c2c1.CSc1ccc(N)cc1.CSc1ccc2[nH]cc(C(=O)O)c(=O)c2c1.CSc1ccc2[nH]ccc(=O)c2c1.[Na+].[OH-]. The van der Waals surface area contributed by atoms with Gasteiger partial charge in [-0.25, -0.2) is 37.2 Å². The number of allylic oxidation sites excluding steroid dienone is 1. The zero-order valence-electron chi connectivity index (χ0n) is 61.0. The molecule has 0 amide bonds. The number of esters is 5. The third-order valence-corrected chi connectivity index (χ3v) is 18.9. The summed E-state index contributed by atoms with van der Waals surface area (Å²) in [5.74, 6) is -4.48. The Kier molecular flexibility index (Phi) is 43.4. The number of nitrogens with one attached hydrogen (secondary N) is 4. The van der Waals surface area contributed by atoms with Gasteiger partial charge in [0.25, 0.3) is 0 Å². The number of thioether (sulfide) groups is 5. The van der Waals surface area contributed by atoms with Crippen molar-refractivity contribution in [2.45, 2.75) is 70.9 Å². The molecule has 4 heterocycles. The number of H-pyrrole nitrogens is 3. The molecule has 0 aliphatic heterocycles.